The van der Waals surface area contributed by atoms with Gasteiger partial charge in [-0.05, 0) is 73.3 Å². The van der Waals surface area contributed by atoms with Gasteiger partial charge in [-0.3, -0.25) is 4.79 Å². The molecule has 24 heavy (non-hydrogen) atoms. The lowest BCUT2D eigenvalue weighted by Gasteiger charge is -2.59. The largest absolute Gasteiger partial charge is 0.393 e. The second-order valence-electron chi connectivity index (χ2n) is 9.30. The van der Waals surface area contributed by atoms with Crippen molar-refractivity contribution in [1.29, 1.82) is 0 Å². The molecule has 4 aliphatic carbocycles. The lowest BCUT2D eigenvalue weighted by molar-refractivity contribution is -0.152. The van der Waals surface area contributed by atoms with Gasteiger partial charge in [-0.2, -0.15) is 0 Å². The summed E-state index contributed by atoms with van der Waals surface area (Å²) < 4.78 is 0. The standard InChI is InChI=1S/C20H30O4/c1-18-6-3-12(22)9-16(18)17(23)10-13-14(18)4-7-19(2)15(13)5-8-20(19,24)11-21/h9,13-15,17,21,23-24H,3-8,10-11H2,1-2H3/t13-,14+,15+,17?,18-,19+,20?/m1/s1. The van der Waals surface area contributed by atoms with Gasteiger partial charge >= 0.3 is 0 Å². The summed E-state index contributed by atoms with van der Waals surface area (Å²) in [7, 11) is 0. The first kappa shape index (κ1) is 16.7. The van der Waals surface area contributed by atoms with Crippen molar-refractivity contribution in [1.82, 2.24) is 0 Å². The Bertz CT molecular complexity index is 598. The average Bonchev–Trinajstić information content (AvgIpc) is 2.82. The van der Waals surface area contributed by atoms with E-state index in [2.05, 4.69) is 13.8 Å². The summed E-state index contributed by atoms with van der Waals surface area (Å²) >= 11 is 0. The number of hydrogen-bond donors (Lipinski definition) is 3. The van der Waals surface area contributed by atoms with Gasteiger partial charge in [0, 0.05) is 11.8 Å². The molecular weight excluding hydrogens is 304 g/mol. The summed E-state index contributed by atoms with van der Waals surface area (Å²) in [6.45, 7) is 4.21. The number of carbonyl (C=O) groups excluding carboxylic acids is 1. The first-order chi connectivity index (χ1) is 11.2. The maximum absolute atomic E-state index is 11.9. The second kappa shape index (κ2) is 5.15. The van der Waals surface area contributed by atoms with E-state index in [9.17, 15) is 20.1 Å². The maximum atomic E-state index is 11.9. The number of aliphatic hydroxyl groups excluding tert-OH is 2. The van der Waals surface area contributed by atoms with Crippen LogP contribution in [0.3, 0.4) is 0 Å². The highest BCUT2D eigenvalue weighted by Crippen LogP contribution is 2.67. The minimum absolute atomic E-state index is 0.0858. The number of ketones is 1. The molecule has 0 amide bonds. The lowest BCUT2D eigenvalue weighted by atomic mass is 9.46. The van der Waals surface area contributed by atoms with E-state index in [1.165, 1.54) is 0 Å². The topological polar surface area (TPSA) is 77.8 Å². The molecule has 0 bridgehead atoms. The van der Waals surface area contributed by atoms with Gasteiger partial charge in [0.2, 0.25) is 0 Å². The molecule has 0 spiro atoms. The summed E-state index contributed by atoms with van der Waals surface area (Å²) in [5.41, 5.74) is -0.367. The van der Waals surface area contributed by atoms with Crippen LogP contribution in [0.5, 0.6) is 0 Å². The molecule has 0 saturated heterocycles. The summed E-state index contributed by atoms with van der Waals surface area (Å²) in [4.78, 5) is 11.9. The van der Waals surface area contributed by atoms with Crippen molar-refractivity contribution >= 4 is 5.78 Å². The summed E-state index contributed by atoms with van der Waals surface area (Å²) in [5.74, 6) is 1.34. The summed E-state index contributed by atoms with van der Waals surface area (Å²) in [5, 5.41) is 31.6. The highest BCUT2D eigenvalue weighted by atomic mass is 16.3. The molecule has 3 N–H and O–H groups in total. The van der Waals surface area contributed by atoms with E-state index in [0.717, 1.165) is 31.3 Å². The van der Waals surface area contributed by atoms with Crippen LogP contribution in [0.1, 0.15) is 58.8 Å². The number of rotatable bonds is 1. The molecule has 4 heteroatoms. The fraction of sp³-hybridized carbons (Fsp3) is 0.850. The third-order valence-corrected chi connectivity index (χ3v) is 8.56. The molecule has 0 aromatic heterocycles. The highest BCUT2D eigenvalue weighted by Gasteiger charge is 2.64. The first-order valence-corrected chi connectivity index (χ1v) is 9.51. The number of hydrogen-bond acceptors (Lipinski definition) is 4. The molecule has 0 aromatic rings. The smallest absolute Gasteiger partial charge is 0.155 e. The first-order valence-electron chi connectivity index (χ1n) is 9.51. The normalized spacial score (nSPS) is 53.9. The Morgan fingerprint density at radius 1 is 1.17 bits per heavy atom. The van der Waals surface area contributed by atoms with Crippen molar-refractivity contribution in [2.45, 2.75) is 70.5 Å². The van der Waals surface area contributed by atoms with Crippen molar-refractivity contribution in [3.63, 3.8) is 0 Å². The Hall–Kier alpha value is -0.710. The molecule has 134 valence electrons. The average molecular weight is 334 g/mol. The van der Waals surface area contributed by atoms with Crippen molar-refractivity contribution in [2.75, 3.05) is 6.61 Å². The predicted molar refractivity (Wildman–Crippen MR) is 90.1 cm³/mol. The number of aliphatic hydroxyl groups is 3. The molecule has 3 fully saturated rings. The SMILES string of the molecule is C[C@]12CCC(=O)C=C1C(O)C[C@@H]1[C@@H]2CC[C@@]2(C)[C@H]1CCC2(O)CO. The van der Waals surface area contributed by atoms with E-state index in [-0.39, 0.29) is 23.2 Å². The van der Waals surface area contributed by atoms with Crippen LogP contribution in [0, 0.1) is 28.6 Å². The van der Waals surface area contributed by atoms with Gasteiger partial charge in [-0.15, -0.1) is 0 Å². The van der Waals surface area contributed by atoms with Crippen LogP contribution >= 0.6 is 0 Å². The van der Waals surface area contributed by atoms with Crippen molar-refractivity contribution in [3.05, 3.63) is 11.6 Å². The fourth-order valence-electron chi connectivity index (χ4n) is 6.98. The van der Waals surface area contributed by atoms with Gasteiger partial charge in [-0.25, -0.2) is 0 Å². The van der Waals surface area contributed by atoms with Gasteiger partial charge in [0.15, 0.2) is 5.78 Å². The van der Waals surface area contributed by atoms with E-state index < -0.39 is 11.7 Å². The Morgan fingerprint density at radius 2 is 1.88 bits per heavy atom. The van der Waals surface area contributed by atoms with Crippen LogP contribution in [0.2, 0.25) is 0 Å². The lowest BCUT2D eigenvalue weighted by Crippen LogP contribution is -2.57. The van der Waals surface area contributed by atoms with Crippen LogP contribution in [0.15, 0.2) is 11.6 Å². The van der Waals surface area contributed by atoms with Crippen LogP contribution in [0.25, 0.3) is 0 Å². The second-order valence-corrected chi connectivity index (χ2v) is 9.30. The molecule has 0 aliphatic heterocycles. The molecule has 0 radical (unpaired) electrons. The fourth-order valence-corrected chi connectivity index (χ4v) is 6.98. The van der Waals surface area contributed by atoms with Crippen molar-refractivity contribution in [3.8, 4) is 0 Å². The van der Waals surface area contributed by atoms with E-state index >= 15 is 0 Å². The zero-order valence-corrected chi connectivity index (χ0v) is 14.8. The minimum Gasteiger partial charge on any atom is -0.393 e. The highest BCUT2D eigenvalue weighted by molar-refractivity contribution is 5.91. The molecule has 0 heterocycles. The van der Waals surface area contributed by atoms with E-state index in [1.54, 1.807) is 6.08 Å². The zero-order valence-electron chi connectivity index (χ0n) is 14.8. The molecule has 4 nitrogen and oxygen atoms in total. The third-order valence-electron chi connectivity index (χ3n) is 8.56. The Kier molecular flexibility index (Phi) is 3.59. The van der Waals surface area contributed by atoms with E-state index in [4.69, 9.17) is 0 Å². The van der Waals surface area contributed by atoms with Gasteiger partial charge in [0.25, 0.3) is 0 Å². The van der Waals surface area contributed by atoms with Gasteiger partial charge < -0.3 is 15.3 Å². The molecular formula is C20H30O4. The van der Waals surface area contributed by atoms with Crippen molar-refractivity contribution in [2.24, 2.45) is 28.6 Å². The van der Waals surface area contributed by atoms with Crippen LogP contribution in [0.4, 0.5) is 0 Å². The van der Waals surface area contributed by atoms with E-state index in [0.29, 0.717) is 37.0 Å². The minimum atomic E-state index is -0.979. The molecule has 0 aromatic carbocycles. The Morgan fingerprint density at radius 3 is 2.58 bits per heavy atom. The van der Waals surface area contributed by atoms with Crippen LogP contribution < -0.4 is 0 Å². The van der Waals surface area contributed by atoms with Crippen LogP contribution in [-0.4, -0.2) is 39.4 Å². The third kappa shape index (κ3) is 1.94. The van der Waals surface area contributed by atoms with E-state index in [1.807, 2.05) is 0 Å². The molecule has 4 aliphatic rings. The molecule has 2 unspecified atom stereocenters. The van der Waals surface area contributed by atoms with Gasteiger partial charge in [0.1, 0.15) is 0 Å². The predicted octanol–water partition coefficient (Wildman–Crippen LogP) is 2.21. The summed E-state index contributed by atoms with van der Waals surface area (Å²) in [6, 6.07) is 0. The molecule has 7 atom stereocenters. The van der Waals surface area contributed by atoms with Crippen molar-refractivity contribution < 1.29 is 20.1 Å². The Balaban J connectivity index is 1.72. The van der Waals surface area contributed by atoms with Crippen LogP contribution in [-0.2, 0) is 4.79 Å². The zero-order chi connectivity index (χ0) is 17.3. The Labute approximate surface area is 144 Å². The molecule has 3 saturated carbocycles. The van der Waals surface area contributed by atoms with Gasteiger partial charge in [-0.1, -0.05) is 13.8 Å². The quantitative estimate of drug-likeness (QED) is 0.687. The monoisotopic (exact) mass is 334 g/mol. The van der Waals surface area contributed by atoms with Gasteiger partial charge in [0.05, 0.1) is 18.3 Å². The maximum Gasteiger partial charge on any atom is 0.155 e. The number of fused-ring (bicyclic) bond motifs is 5. The summed E-state index contributed by atoms with van der Waals surface area (Å²) in [6.07, 6.45) is 6.81. The molecule has 4 rings (SSSR count). The number of carbonyl (C=O) groups is 1.